The number of nitrogens with zero attached hydrogens (tertiary/aromatic N) is 1. The molecule has 2 atom stereocenters. The van der Waals surface area contributed by atoms with Crippen LogP contribution in [0.15, 0.2) is 35.2 Å². The Morgan fingerprint density at radius 1 is 1.35 bits per heavy atom. The molecule has 20 heavy (non-hydrogen) atoms. The van der Waals surface area contributed by atoms with E-state index in [4.69, 9.17) is 10.5 Å². The Kier molecular flexibility index (Phi) is 6.42. The molecule has 2 unspecified atom stereocenters. The highest BCUT2D eigenvalue weighted by Crippen LogP contribution is 2.26. The van der Waals surface area contributed by atoms with Gasteiger partial charge in [0.25, 0.3) is 0 Å². The van der Waals surface area contributed by atoms with Gasteiger partial charge in [0.15, 0.2) is 0 Å². The summed E-state index contributed by atoms with van der Waals surface area (Å²) in [5.41, 5.74) is 5.72. The maximum atomic E-state index is 12.6. The zero-order chi connectivity index (χ0) is 13.9. The van der Waals surface area contributed by atoms with Crippen LogP contribution in [0.2, 0.25) is 0 Å². The van der Waals surface area contributed by atoms with Gasteiger partial charge in [-0.3, -0.25) is 0 Å². The predicted octanol–water partition coefficient (Wildman–Crippen LogP) is 1.24. The minimum absolute atomic E-state index is 0. The third-order valence-electron chi connectivity index (χ3n) is 3.57. The first-order valence-electron chi connectivity index (χ1n) is 6.39. The average molecular weight is 321 g/mol. The van der Waals surface area contributed by atoms with Crippen molar-refractivity contribution in [2.45, 2.75) is 29.9 Å². The number of halogens is 1. The van der Waals surface area contributed by atoms with Crippen LogP contribution < -0.4 is 5.73 Å². The summed E-state index contributed by atoms with van der Waals surface area (Å²) in [5.74, 6) is 0. The molecule has 5 nitrogen and oxygen atoms in total. The van der Waals surface area contributed by atoms with Crippen LogP contribution in [-0.2, 0) is 14.8 Å². The zero-order valence-corrected chi connectivity index (χ0v) is 13.1. The highest BCUT2D eigenvalue weighted by atomic mass is 35.5. The Labute approximate surface area is 126 Å². The van der Waals surface area contributed by atoms with Crippen LogP contribution in [0.5, 0.6) is 0 Å². The molecule has 1 saturated heterocycles. The zero-order valence-electron chi connectivity index (χ0n) is 11.4. The Balaban J connectivity index is 0.00000200. The lowest BCUT2D eigenvalue weighted by Gasteiger charge is -2.37. The number of methoxy groups -OCH3 is 1. The third-order valence-corrected chi connectivity index (χ3v) is 5.53. The van der Waals surface area contributed by atoms with Gasteiger partial charge in [-0.15, -0.1) is 12.4 Å². The van der Waals surface area contributed by atoms with Crippen molar-refractivity contribution >= 4 is 22.4 Å². The first-order chi connectivity index (χ1) is 9.09. The number of ether oxygens (including phenoxy) is 1. The average Bonchev–Trinajstić information content (AvgIpc) is 2.47. The van der Waals surface area contributed by atoms with E-state index in [9.17, 15) is 8.42 Å². The third kappa shape index (κ3) is 3.51. The molecule has 7 heteroatoms. The normalized spacial score (nSPS) is 24.1. The maximum Gasteiger partial charge on any atom is 0.243 e. The van der Waals surface area contributed by atoms with E-state index >= 15 is 0 Å². The second-order valence-electron chi connectivity index (χ2n) is 4.70. The van der Waals surface area contributed by atoms with Gasteiger partial charge in [-0.1, -0.05) is 18.2 Å². The second kappa shape index (κ2) is 7.38. The molecular weight excluding hydrogens is 300 g/mol. The van der Waals surface area contributed by atoms with Crippen LogP contribution in [0.1, 0.15) is 12.8 Å². The van der Waals surface area contributed by atoms with Crippen molar-refractivity contribution in [3.05, 3.63) is 30.3 Å². The van der Waals surface area contributed by atoms with E-state index in [0.29, 0.717) is 30.8 Å². The fraction of sp³-hybridized carbons (Fsp3) is 0.538. The van der Waals surface area contributed by atoms with E-state index in [0.717, 1.165) is 0 Å². The van der Waals surface area contributed by atoms with Crippen LogP contribution >= 0.6 is 12.4 Å². The fourth-order valence-electron chi connectivity index (χ4n) is 2.46. The fourth-order valence-corrected chi connectivity index (χ4v) is 4.15. The number of benzene rings is 1. The van der Waals surface area contributed by atoms with E-state index in [1.54, 1.807) is 37.4 Å². The summed E-state index contributed by atoms with van der Waals surface area (Å²) in [6.45, 7) is 0.767. The summed E-state index contributed by atoms with van der Waals surface area (Å²) < 4.78 is 32.0. The summed E-state index contributed by atoms with van der Waals surface area (Å²) >= 11 is 0. The first kappa shape index (κ1) is 17.4. The van der Waals surface area contributed by atoms with Crippen LogP contribution in [0, 0.1) is 0 Å². The predicted molar refractivity (Wildman–Crippen MR) is 80.5 cm³/mol. The summed E-state index contributed by atoms with van der Waals surface area (Å²) in [6, 6.07) is 8.30. The number of piperidine rings is 1. The van der Waals surface area contributed by atoms with Gasteiger partial charge >= 0.3 is 0 Å². The summed E-state index contributed by atoms with van der Waals surface area (Å²) in [7, 11) is -1.80. The smallest absolute Gasteiger partial charge is 0.243 e. The van der Waals surface area contributed by atoms with Crippen molar-refractivity contribution in [3.8, 4) is 0 Å². The van der Waals surface area contributed by atoms with E-state index < -0.39 is 10.0 Å². The topological polar surface area (TPSA) is 72.6 Å². The Morgan fingerprint density at radius 2 is 2.00 bits per heavy atom. The summed E-state index contributed by atoms with van der Waals surface area (Å²) in [4.78, 5) is 0.323. The molecule has 0 bridgehead atoms. The largest absolute Gasteiger partial charge is 0.381 e. The maximum absolute atomic E-state index is 12.6. The molecular formula is C13H21ClN2O3S. The van der Waals surface area contributed by atoms with Crippen molar-refractivity contribution in [1.29, 1.82) is 0 Å². The van der Waals surface area contributed by atoms with Crippen LogP contribution in [0.4, 0.5) is 0 Å². The van der Waals surface area contributed by atoms with Gasteiger partial charge < -0.3 is 10.5 Å². The lowest BCUT2D eigenvalue weighted by molar-refractivity contribution is 0.0401. The van der Waals surface area contributed by atoms with Gasteiger partial charge in [0, 0.05) is 26.2 Å². The Hall–Kier alpha value is -0.660. The van der Waals surface area contributed by atoms with Crippen LogP contribution in [-0.4, -0.2) is 45.1 Å². The van der Waals surface area contributed by atoms with Crippen molar-refractivity contribution in [2.75, 3.05) is 20.2 Å². The first-order valence-corrected chi connectivity index (χ1v) is 7.83. The minimum Gasteiger partial charge on any atom is -0.381 e. The molecule has 0 aromatic heterocycles. The minimum atomic E-state index is -3.46. The molecule has 0 amide bonds. The molecule has 114 valence electrons. The molecule has 1 aromatic carbocycles. The number of nitrogens with two attached hydrogens (primary N) is 1. The molecule has 0 aliphatic carbocycles. The molecule has 0 spiro atoms. The van der Waals surface area contributed by atoms with Gasteiger partial charge in [-0.05, 0) is 25.0 Å². The number of sulfonamides is 1. The molecule has 1 heterocycles. The molecule has 0 radical (unpaired) electrons. The monoisotopic (exact) mass is 320 g/mol. The van der Waals surface area contributed by atoms with E-state index in [-0.39, 0.29) is 24.6 Å². The molecule has 1 fully saturated rings. The summed E-state index contributed by atoms with van der Waals surface area (Å²) in [5, 5.41) is 0. The van der Waals surface area contributed by atoms with E-state index in [2.05, 4.69) is 0 Å². The van der Waals surface area contributed by atoms with Crippen LogP contribution in [0.3, 0.4) is 0 Å². The number of rotatable bonds is 4. The van der Waals surface area contributed by atoms with Gasteiger partial charge in [-0.25, -0.2) is 8.42 Å². The summed E-state index contributed by atoms with van der Waals surface area (Å²) in [6.07, 6.45) is 1.45. The van der Waals surface area contributed by atoms with Crippen molar-refractivity contribution < 1.29 is 13.2 Å². The van der Waals surface area contributed by atoms with Crippen molar-refractivity contribution in [1.82, 2.24) is 4.31 Å². The van der Waals surface area contributed by atoms with Gasteiger partial charge in [0.1, 0.15) is 0 Å². The number of hydrogen-bond donors (Lipinski definition) is 1. The molecule has 2 N–H and O–H groups in total. The van der Waals surface area contributed by atoms with Gasteiger partial charge in [0.05, 0.1) is 11.0 Å². The number of hydrogen-bond acceptors (Lipinski definition) is 4. The molecule has 1 aliphatic heterocycles. The standard InChI is InChI=1S/C13H20N2O3S.ClH/c1-18-12-7-8-15(11(9-12)10-14)19(16,17)13-5-3-2-4-6-13;/h2-6,11-12H,7-10,14H2,1H3;1H. The van der Waals surface area contributed by atoms with Crippen molar-refractivity contribution in [2.24, 2.45) is 5.73 Å². The Morgan fingerprint density at radius 3 is 2.55 bits per heavy atom. The molecule has 1 aliphatic rings. The SMILES string of the molecule is COC1CCN(S(=O)(=O)c2ccccc2)C(CN)C1.Cl. The van der Waals surface area contributed by atoms with E-state index in [1.165, 1.54) is 4.31 Å². The van der Waals surface area contributed by atoms with Gasteiger partial charge in [0.2, 0.25) is 10.0 Å². The Bertz CT molecular complexity index is 510. The molecule has 0 saturated carbocycles. The van der Waals surface area contributed by atoms with E-state index in [1.807, 2.05) is 0 Å². The lowest BCUT2D eigenvalue weighted by Crippen LogP contribution is -2.51. The quantitative estimate of drug-likeness (QED) is 0.906. The molecule has 2 rings (SSSR count). The van der Waals surface area contributed by atoms with Crippen molar-refractivity contribution in [3.63, 3.8) is 0 Å². The van der Waals surface area contributed by atoms with Crippen LogP contribution in [0.25, 0.3) is 0 Å². The lowest BCUT2D eigenvalue weighted by atomic mass is 10.0. The highest BCUT2D eigenvalue weighted by Gasteiger charge is 2.36. The highest BCUT2D eigenvalue weighted by molar-refractivity contribution is 7.89. The molecule has 1 aromatic rings. The van der Waals surface area contributed by atoms with Gasteiger partial charge in [-0.2, -0.15) is 4.31 Å². The second-order valence-corrected chi connectivity index (χ2v) is 6.59.